The zero-order valence-electron chi connectivity index (χ0n) is 14.4. The van der Waals surface area contributed by atoms with Gasteiger partial charge in [-0.15, -0.1) is 0 Å². The monoisotopic (exact) mass is 383 g/mol. The van der Waals surface area contributed by atoms with Gasteiger partial charge >= 0.3 is 0 Å². The van der Waals surface area contributed by atoms with E-state index in [4.69, 9.17) is 11.6 Å². The topological polar surface area (TPSA) is 95.1 Å². The van der Waals surface area contributed by atoms with Crippen molar-refractivity contribution < 1.29 is 9.90 Å². The molecule has 0 unspecified atom stereocenters. The highest BCUT2D eigenvalue weighted by molar-refractivity contribution is 6.30. The standard InChI is InChI=1S/C20H18ClN3O3/c21-15-9-6-14(7-10-15)12-22-19(26)17-18(25)20(27)24-16(23-17)11-8-13-4-2-1-3-5-13/h1-7,9-10,25H,8,11-12H2,(H,22,26)(H,23,24,27). The van der Waals surface area contributed by atoms with Crippen molar-refractivity contribution in [2.45, 2.75) is 19.4 Å². The fourth-order valence-corrected chi connectivity index (χ4v) is 2.69. The van der Waals surface area contributed by atoms with Crippen molar-refractivity contribution in [2.75, 3.05) is 0 Å². The predicted octanol–water partition coefficient (Wildman–Crippen LogP) is 2.84. The Kier molecular flexibility index (Phi) is 5.88. The SMILES string of the molecule is O=C(NCc1ccc(Cl)cc1)c1nc(CCc2ccccc2)[nH]c(=O)c1O. The lowest BCUT2D eigenvalue weighted by Crippen LogP contribution is -2.27. The molecule has 0 spiro atoms. The number of aromatic nitrogens is 2. The summed E-state index contributed by atoms with van der Waals surface area (Å²) in [5.41, 5.74) is 0.906. The van der Waals surface area contributed by atoms with Crippen LogP contribution < -0.4 is 10.9 Å². The molecular formula is C20H18ClN3O3. The second-order valence-corrected chi connectivity index (χ2v) is 6.44. The van der Waals surface area contributed by atoms with Crippen LogP contribution in [0.3, 0.4) is 0 Å². The van der Waals surface area contributed by atoms with Gasteiger partial charge in [0.25, 0.3) is 11.5 Å². The van der Waals surface area contributed by atoms with Crippen molar-refractivity contribution in [1.29, 1.82) is 0 Å². The number of nitrogens with zero attached hydrogens (tertiary/aromatic N) is 1. The van der Waals surface area contributed by atoms with Gasteiger partial charge in [-0.2, -0.15) is 0 Å². The minimum absolute atomic E-state index is 0.225. The number of carbonyl (C=O) groups is 1. The number of amides is 1. The number of aromatic amines is 1. The number of H-pyrrole nitrogens is 1. The maximum absolute atomic E-state index is 12.4. The van der Waals surface area contributed by atoms with Gasteiger partial charge in [0, 0.05) is 18.0 Å². The molecule has 0 radical (unpaired) electrons. The van der Waals surface area contributed by atoms with Crippen LogP contribution in [0.25, 0.3) is 0 Å². The molecule has 6 nitrogen and oxygen atoms in total. The Morgan fingerprint density at radius 2 is 1.74 bits per heavy atom. The molecule has 0 aliphatic rings. The van der Waals surface area contributed by atoms with E-state index in [0.29, 0.717) is 23.7 Å². The zero-order valence-corrected chi connectivity index (χ0v) is 15.2. The number of hydrogen-bond donors (Lipinski definition) is 3. The quantitative estimate of drug-likeness (QED) is 0.610. The van der Waals surface area contributed by atoms with Crippen molar-refractivity contribution >= 4 is 17.5 Å². The number of halogens is 1. The van der Waals surface area contributed by atoms with E-state index in [2.05, 4.69) is 15.3 Å². The van der Waals surface area contributed by atoms with Gasteiger partial charge in [0.2, 0.25) is 5.75 Å². The van der Waals surface area contributed by atoms with Crippen LogP contribution in [0.5, 0.6) is 5.75 Å². The second-order valence-electron chi connectivity index (χ2n) is 6.00. The smallest absolute Gasteiger partial charge is 0.293 e. The molecule has 0 bridgehead atoms. The van der Waals surface area contributed by atoms with Crippen LogP contribution in [0.15, 0.2) is 59.4 Å². The Morgan fingerprint density at radius 1 is 1.04 bits per heavy atom. The average Bonchev–Trinajstić information content (AvgIpc) is 2.69. The minimum atomic E-state index is -0.732. The fourth-order valence-electron chi connectivity index (χ4n) is 2.57. The Balaban J connectivity index is 1.71. The van der Waals surface area contributed by atoms with E-state index in [1.165, 1.54) is 0 Å². The van der Waals surface area contributed by atoms with E-state index in [0.717, 1.165) is 11.1 Å². The number of nitrogens with one attached hydrogen (secondary N) is 2. The molecule has 1 aromatic heterocycles. The normalized spacial score (nSPS) is 10.6. The lowest BCUT2D eigenvalue weighted by Gasteiger charge is -2.08. The van der Waals surface area contributed by atoms with Crippen LogP contribution in [0.1, 0.15) is 27.4 Å². The molecule has 0 atom stereocenters. The second kappa shape index (κ2) is 8.51. The van der Waals surface area contributed by atoms with Crippen LogP contribution in [0, 0.1) is 0 Å². The summed E-state index contributed by atoms with van der Waals surface area (Å²) in [7, 11) is 0. The Hall–Kier alpha value is -3.12. The molecule has 7 heteroatoms. The average molecular weight is 384 g/mol. The lowest BCUT2D eigenvalue weighted by molar-refractivity contribution is 0.0942. The van der Waals surface area contributed by atoms with Crippen molar-refractivity contribution in [1.82, 2.24) is 15.3 Å². The number of rotatable bonds is 6. The first-order valence-corrected chi connectivity index (χ1v) is 8.79. The van der Waals surface area contributed by atoms with Crippen LogP contribution in [0.4, 0.5) is 0 Å². The third-order valence-electron chi connectivity index (χ3n) is 4.02. The van der Waals surface area contributed by atoms with Crippen molar-refractivity contribution in [3.8, 4) is 5.75 Å². The van der Waals surface area contributed by atoms with Gasteiger partial charge in [0.15, 0.2) is 5.69 Å². The van der Waals surface area contributed by atoms with Crippen molar-refractivity contribution in [3.63, 3.8) is 0 Å². The molecule has 1 heterocycles. The molecule has 3 aromatic rings. The first kappa shape index (κ1) is 18.7. The molecule has 27 heavy (non-hydrogen) atoms. The van der Waals surface area contributed by atoms with E-state index >= 15 is 0 Å². The van der Waals surface area contributed by atoms with Crippen LogP contribution in [0.2, 0.25) is 5.02 Å². The molecule has 0 fully saturated rings. The third kappa shape index (κ3) is 4.95. The molecule has 3 rings (SSSR count). The van der Waals surface area contributed by atoms with Crippen LogP contribution in [-0.4, -0.2) is 21.0 Å². The van der Waals surface area contributed by atoms with Crippen LogP contribution in [-0.2, 0) is 19.4 Å². The van der Waals surface area contributed by atoms with E-state index in [1.54, 1.807) is 24.3 Å². The molecule has 0 saturated carbocycles. The summed E-state index contributed by atoms with van der Waals surface area (Å²) >= 11 is 5.83. The number of carbonyl (C=O) groups excluding carboxylic acids is 1. The summed E-state index contributed by atoms with van der Waals surface area (Å²) in [6.07, 6.45) is 1.09. The molecular weight excluding hydrogens is 366 g/mol. The van der Waals surface area contributed by atoms with Crippen LogP contribution >= 0.6 is 11.6 Å². The summed E-state index contributed by atoms with van der Waals surface area (Å²) in [5.74, 6) is -0.958. The van der Waals surface area contributed by atoms with Gasteiger partial charge in [-0.05, 0) is 29.7 Å². The molecule has 1 amide bonds. The number of benzene rings is 2. The number of aryl methyl sites for hydroxylation is 2. The van der Waals surface area contributed by atoms with E-state index < -0.39 is 17.2 Å². The fraction of sp³-hybridized carbons (Fsp3) is 0.150. The zero-order chi connectivity index (χ0) is 19.2. The van der Waals surface area contributed by atoms with Gasteiger partial charge in [0.1, 0.15) is 5.82 Å². The van der Waals surface area contributed by atoms with Gasteiger partial charge in [-0.1, -0.05) is 54.1 Å². The molecule has 0 aliphatic heterocycles. The Labute approximate surface area is 160 Å². The Morgan fingerprint density at radius 3 is 2.44 bits per heavy atom. The van der Waals surface area contributed by atoms with E-state index in [-0.39, 0.29) is 12.2 Å². The summed E-state index contributed by atoms with van der Waals surface area (Å²) in [6.45, 7) is 0.225. The predicted molar refractivity (Wildman–Crippen MR) is 103 cm³/mol. The lowest BCUT2D eigenvalue weighted by atomic mass is 10.1. The van der Waals surface area contributed by atoms with Gasteiger partial charge < -0.3 is 15.4 Å². The Bertz CT molecular complexity index is 986. The van der Waals surface area contributed by atoms with Gasteiger partial charge in [-0.3, -0.25) is 9.59 Å². The molecule has 0 saturated heterocycles. The number of hydrogen-bond acceptors (Lipinski definition) is 4. The third-order valence-corrected chi connectivity index (χ3v) is 4.27. The van der Waals surface area contributed by atoms with Crippen molar-refractivity contribution in [3.05, 3.63) is 92.6 Å². The van der Waals surface area contributed by atoms with E-state index in [1.807, 2.05) is 30.3 Å². The maximum atomic E-state index is 12.4. The first-order valence-electron chi connectivity index (χ1n) is 8.41. The van der Waals surface area contributed by atoms with E-state index in [9.17, 15) is 14.7 Å². The van der Waals surface area contributed by atoms with Crippen molar-refractivity contribution in [2.24, 2.45) is 0 Å². The van der Waals surface area contributed by atoms with Gasteiger partial charge in [-0.25, -0.2) is 4.98 Å². The number of aromatic hydroxyl groups is 1. The molecule has 3 N–H and O–H groups in total. The maximum Gasteiger partial charge on any atom is 0.293 e. The highest BCUT2D eigenvalue weighted by Gasteiger charge is 2.17. The largest absolute Gasteiger partial charge is 0.501 e. The molecule has 2 aromatic carbocycles. The molecule has 0 aliphatic carbocycles. The highest BCUT2D eigenvalue weighted by Crippen LogP contribution is 2.12. The minimum Gasteiger partial charge on any atom is -0.501 e. The summed E-state index contributed by atoms with van der Waals surface area (Å²) in [6, 6.07) is 16.7. The summed E-state index contributed by atoms with van der Waals surface area (Å²) in [4.78, 5) is 31.0. The first-order chi connectivity index (χ1) is 13.0. The summed E-state index contributed by atoms with van der Waals surface area (Å²) in [5, 5.41) is 13.2. The summed E-state index contributed by atoms with van der Waals surface area (Å²) < 4.78 is 0. The van der Waals surface area contributed by atoms with Gasteiger partial charge in [0.05, 0.1) is 0 Å². The molecule has 138 valence electrons. The highest BCUT2D eigenvalue weighted by atomic mass is 35.5.